The molecule has 5 heterocycles. The van der Waals surface area contributed by atoms with Gasteiger partial charge in [-0.1, -0.05) is 135 Å². The van der Waals surface area contributed by atoms with Gasteiger partial charge in [0.15, 0.2) is 11.6 Å². The van der Waals surface area contributed by atoms with Crippen LogP contribution in [0, 0.1) is 6.92 Å². The van der Waals surface area contributed by atoms with E-state index in [0.29, 0.717) is 43.0 Å². The standard InChI is InChI=1S/C17H15N5O2S2.C15H14BrNO.C10H9N5O2S2.C8H9NO.C3H5N3S.ClH.H2O/c18-26(23,24)17-21-22-11-15(20-16(22)25-17)13-6-8-14(9-7-13)19-10-12-4-2-1-3-5-12;16-10-15(18)13-6-8-14(9-7-13)17-11-12-4-2-1-3-5-12;11-7-3-1-6(2-4-7)8-5-15-9(13-8)18-10(14-15)19(12,16)17;1-6(10)7-2-4-8(9)5-3-7;1-2-5-6-3(4)7-2;;/h1-9,11,19H,10H2,(H2,18,23,24);1-9,17H,10-11H2;1-5H,11H2,(H2,12,16,17);2-5H,9H2,1H3;1H3,(H2,4,6);1H;1H2. The topological polar surface area (TPSA) is 374 Å². The number of nitrogens with one attached hydrogen (secondary N) is 2. The zero-order chi connectivity index (χ0) is 57.4. The maximum Gasteiger partial charge on any atom is 0.267 e. The first-order valence-electron chi connectivity index (χ1n) is 23.6. The molecule has 14 N–H and O–H groups in total. The molecule has 0 aliphatic carbocycles. The van der Waals surface area contributed by atoms with Gasteiger partial charge in [-0.2, -0.15) is 0 Å². The lowest BCUT2D eigenvalue weighted by molar-refractivity contribution is 0.101. The monoisotopic (exact) mass is 1290 g/mol. The van der Waals surface area contributed by atoms with Crippen LogP contribution in [-0.2, 0) is 33.1 Å². The fraction of sp³-hybridized carbons (Fsp3) is 0.0943. The minimum absolute atomic E-state index is 0. The molecular formula is C53H55BrClN15O7S5. The number of carbonyl (C=O) groups is 2. The molecule has 0 radical (unpaired) electrons. The number of primary sulfonamides is 2. The number of aryl methyl sites for hydroxylation is 1. The van der Waals surface area contributed by atoms with E-state index in [1.807, 2.05) is 104 Å². The number of nitrogens with zero attached hydrogens (tertiary/aromatic N) is 8. The van der Waals surface area contributed by atoms with Crippen molar-refractivity contribution in [3.05, 3.63) is 197 Å². The highest BCUT2D eigenvalue weighted by molar-refractivity contribution is 9.09. The first-order chi connectivity index (χ1) is 38.2. The molecule has 428 valence electrons. The molecule has 0 bridgehead atoms. The SMILES string of the molecule is CC(=O)c1ccc(N)cc1.Cc1nnc(N)s1.Cl.NS(=O)(=O)c1nn2cc(-c3ccc(NCc4ccccc4)cc3)nc2s1.Nc1ccc(-c2cn3nc(S(N)(=O)=O)sc3n2)cc1.O.O=C(CBr)c1ccc(NCc2ccccc2)cc1. The van der Waals surface area contributed by atoms with Crippen molar-refractivity contribution in [1.82, 2.24) is 39.4 Å². The Kier molecular flexibility index (Phi) is 23.8. The first kappa shape index (κ1) is 64.8. The van der Waals surface area contributed by atoms with Gasteiger partial charge in [0, 0.05) is 58.1 Å². The average Bonchev–Trinajstić information content (AvgIpc) is 4.42. The normalized spacial score (nSPS) is 10.6. The Bertz CT molecular complexity index is 3960. The second-order valence-corrected chi connectivity index (χ2v) is 24.0. The summed E-state index contributed by atoms with van der Waals surface area (Å²) in [6.45, 7) is 4.94. The van der Waals surface area contributed by atoms with E-state index < -0.39 is 20.0 Å². The molecule has 0 aliphatic heterocycles. The Hall–Kier alpha value is -8.03. The summed E-state index contributed by atoms with van der Waals surface area (Å²) in [7, 11) is -7.60. The number of benzene rings is 6. The van der Waals surface area contributed by atoms with Gasteiger partial charge in [0.05, 0.1) is 29.1 Å². The van der Waals surface area contributed by atoms with Crippen LogP contribution in [0.15, 0.2) is 179 Å². The summed E-state index contributed by atoms with van der Waals surface area (Å²) < 4.78 is 47.5. The highest BCUT2D eigenvalue weighted by Gasteiger charge is 2.19. The van der Waals surface area contributed by atoms with Crippen LogP contribution < -0.4 is 38.1 Å². The molecule has 0 fully saturated rings. The third kappa shape index (κ3) is 19.3. The molecule has 0 aliphatic rings. The zero-order valence-corrected chi connectivity index (χ0v) is 50.0. The number of anilines is 5. The van der Waals surface area contributed by atoms with Gasteiger partial charge in [-0.05, 0) is 97.8 Å². The molecule has 0 spiro atoms. The number of ketones is 2. The van der Waals surface area contributed by atoms with Crippen LogP contribution in [0.2, 0.25) is 0 Å². The molecule has 6 aromatic carbocycles. The maximum absolute atomic E-state index is 11.4. The average molecular weight is 1290 g/mol. The van der Waals surface area contributed by atoms with Crippen LogP contribution in [0.25, 0.3) is 32.4 Å². The van der Waals surface area contributed by atoms with E-state index in [-0.39, 0.29) is 38.1 Å². The van der Waals surface area contributed by atoms with Gasteiger partial charge in [0.1, 0.15) is 5.01 Å². The van der Waals surface area contributed by atoms with Crippen LogP contribution in [-0.4, -0.2) is 78.6 Å². The fourth-order valence-electron chi connectivity index (χ4n) is 6.77. The van der Waals surface area contributed by atoms with Crippen LogP contribution in [0.1, 0.15) is 43.8 Å². The second-order valence-electron chi connectivity index (χ2n) is 16.9. The summed E-state index contributed by atoms with van der Waals surface area (Å²) in [6.07, 6.45) is 3.33. The third-order valence-corrected chi connectivity index (χ3v) is 16.4. The number of rotatable bonds is 13. The third-order valence-electron chi connectivity index (χ3n) is 10.8. The number of nitrogen functional groups attached to an aromatic ring is 3. The molecule has 0 unspecified atom stereocenters. The molecule has 22 nitrogen and oxygen atoms in total. The molecule has 0 atom stereocenters. The lowest BCUT2D eigenvalue weighted by atomic mass is 10.1. The van der Waals surface area contributed by atoms with E-state index in [4.69, 9.17) is 27.5 Å². The number of sulfonamides is 2. The number of nitrogens with two attached hydrogens (primary N) is 5. The lowest BCUT2D eigenvalue weighted by Crippen LogP contribution is -2.12. The van der Waals surface area contributed by atoms with Gasteiger partial charge in [-0.3, -0.25) is 9.59 Å². The summed E-state index contributed by atoms with van der Waals surface area (Å²) in [5, 5.41) is 33.7. The van der Waals surface area contributed by atoms with E-state index in [1.54, 1.807) is 48.8 Å². The van der Waals surface area contributed by atoms with Gasteiger partial charge in [0.2, 0.25) is 23.7 Å². The second kappa shape index (κ2) is 30.1. The van der Waals surface area contributed by atoms with Gasteiger partial charge in [0.25, 0.3) is 20.0 Å². The Morgan fingerprint density at radius 3 is 1.29 bits per heavy atom. The summed E-state index contributed by atoms with van der Waals surface area (Å²) in [5.74, 6) is 0.171. The van der Waals surface area contributed by atoms with Crippen LogP contribution >= 0.6 is 62.3 Å². The van der Waals surface area contributed by atoms with Crippen molar-refractivity contribution in [2.24, 2.45) is 10.3 Å². The summed E-state index contributed by atoms with van der Waals surface area (Å²) in [6, 6.07) is 49.9. The van der Waals surface area contributed by atoms with Crippen LogP contribution in [0.3, 0.4) is 0 Å². The Labute approximate surface area is 498 Å². The smallest absolute Gasteiger partial charge is 0.267 e. The summed E-state index contributed by atoms with van der Waals surface area (Å²) >= 11 is 6.43. The van der Waals surface area contributed by atoms with Crippen molar-refractivity contribution in [2.75, 3.05) is 33.2 Å². The molecule has 29 heteroatoms. The van der Waals surface area contributed by atoms with Crippen molar-refractivity contribution in [2.45, 2.75) is 35.6 Å². The minimum Gasteiger partial charge on any atom is -0.412 e. The van der Waals surface area contributed by atoms with Crippen LogP contribution in [0.5, 0.6) is 0 Å². The quantitative estimate of drug-likeness (QED) is 0.0322. The highest BCUT2D eigenvalue weighted by Crippen LogP contribution is 2.26. The maximum atomic E-state index is 11.4. The van der Waals surface area contributed by atoms with Gasteiger partial charge < -0.3 is 33.3 Å². The number of fused-ring (bicyclic) bond motifs is 2. The minimum atomic E-state index is -3.81. The van der Waals surface area contributed by atoms with Crippen molar-refractivity contribution >= 4 is 132 Å². The van der Waals surface area contributed by atoms with Crippen molar-refractivity contribution < 1.29 is 31.9 Å². The number of carbonyl (C=O) groups excluding carboxylic acids is 2. The number of aromatic nitrogens is 8. The Morgan fingerprint density at radius 2 is 0.951 bits per heavy atom. The largest absolute Gasteiger partial charge is 0.412 e. The fourth-order valence-corrected chi connectivity index (χ4v) is 10.6. The predicted molar refractivity (Wildman–Crippen MR) is 333 cm³/mol. The number of imidazole rings is 2. The number of Topliss-reactive ketones (excluding diaryl/α,β-unsaturated/α-hetero) is 2. The first-order valence-corrected chi connectivity index (χ1v) is 30.3. The number of alkyl halides is 1. The molecule has 5 aromatic heterocycles. The van der Waals surface area contributed by atoms with E-state index in [2.05, 4.69) is 81.2 Å². The van der Waals surface area contributed by atoms with Gasteiger partial charge >= 0.3 is 0 Å². The van der Waals surface area contributed by atoms with Crippen LogP contribution in [0.4, 0.5) is 27.9 Å². The molecule has 11 aromatic rings. The number of halogens is 2. The number of hydrogen-bond acceptors (Lipinski definition) is 20. The highest BCUT2D eigenvalue weighted by atomic mass is 79.9. The van der Waals surface area contributed by atoms with Gasteiger partial charge in [-0.25, -0.2) is 46.1 Å². The van der Waals surface area contributed by atoms with Crippen molar-refractivity contribution in [3.8, 4) is 22.5 Å². The van der Waals surface area contributed by atoms with E-state index in [0.717, 1.165) is 74.5 Å². The summed E-state index contributed by atoms with van der Waals surface area (Å²) in [4.78, 5) is 31.8. The van der Waals surface area contributed by atoms with E-state index in [1.165, 1.54) is 38.4 Å². The number of hydrogen-bond donors (Lipinski definition) is 7. The molecule has 82 heavy (non-hydrogen) atoms. The lowest BCUT2D eigenvalue weighted by Gasteiger charge is -2.07. The molecular weight excluding hydrogens is 1230 g/mol. The molecule has 0 saturated carbocycles. The van der Waals surface area contributed by atoms with E-state index in [9.17, 15) is 26.4 Å². The van der Waals surface area contributed by atoms with Gasteiger partial charge in [-0.15, -0.1) is 32.8 Å². The molecule has 0 saturated heterocycles. The molecule has 11 rings (SSSR count). The Morgan fingerprint density at radius 1 is 0.561 bits per heavy atom. The Balaban J connectivity index is 0.000000198. The zero-order valence-electron chi connectivity index (χ0n) is 43.5. The summed E-state index contributed by atoms with van der Waals surface area (Å²) in [5.41, 5.74) is 26.7. The predicted octanol–water partition coefficient (Wildman–Crippen LogP) is 8.78. The van der Waals surface area contributed by atoms with Crippen molar-refractivity contribution in [1.29, 1.82) is 0 Å². The molecule has 0 amide bonds. The van der Waals surface area contributed by atoms with E-state index >= 15 is 0 Å². The van der Waals surface area contributed by atoms with Crippen molar-refractivity contribution in [3.63, 3.8) is 0 Å².